The minimum atomic E-state index is -0.656. The first kappa shape index (κ1) is 10.8. The first-order valence-electron chi connectivity index (χ1n) is 3.93. The van der Waals surface area contributed by atoms with E-state index in [1.54, 1.807) is 0 Å². The lowest BCUT2D eigenvalue weighted by Crippen LogP contribution is -2.10. The normalized spacial score (nSPS) is 9.86. The SMILES string of the molecule is NC(=S)c1ccc(OCCF)c(F)c1. The van der Waals surface area contributed by atoms with Crippen LogP contribution in [0, 0.1) is 5.82 Å². The van der Waals surface area contributed by atoms with E-state index in [0.717, 1.165) is 6.07 Å². The Balaban J connectivity index is 2.84. The maximum Gasteiger partial charge on any atom is 0.165 e. The molecular weight excluding hydrogens is 208 g/mol. The van der Waals surface area contributed by atoms with E-state index in [9.17, 15) is 8.78 Å². The summed E-state index contributed by atoms with van der Waals surface area (Å²) in [6.07, 6.45) is 0. The summed E-state index contributed by atoms with van der Waals surface area (Å²) in [5, 5.41) is 0. The standard InChI is InChI=1S/C9H9F2NOS/c10-3-4-13-8-2-1-6(9(12)14)5-7(8)11/h1-2,5H,3-4H2,(H2,12,14). The third-order valence-electron chi connectivity index (χ3n) is 1.55. The van der Waals surface area contributed by atoms with Gasteiger partial charge in [-0.05, 0) is 18.2 Å². The quantitative estimate of drug-likeness (QED) is 0.781. The van der Waals surface area contributed by atoms with Crippen LogP contribution < -0.4 is 10.5 Å². The number of rotatable bonds is 4. The van der Waals surface area contributed by atoms with E-state index >= 15 is 0 Å². The molecule has 2 nitrogen and oxygen atoms in total. The molecule has 1 aromatic carbocycles. The van der Waals surface area contributed by atoms with Crippen molar-refractivity contribution >= 4 is 17.2 Å². The predicted molar refractivity (Wildman–Crippen MR) is 53.8 cm³/mol. The number of hydrogen-bond donors (Lipinski definition) is 1. The van der Waals surface area contributed by atoms with Crippen molar-refractivity contribution in [1.29, 1.82) is 0 Å². The van der Waals surface area contributed by atoms with Gasteiger partial charge in [-0.15, -0.1) is 0 Å². The Bertz CT molecular complexity index is 344. The van der Waals surface area contributed by atoms with Crippen LogP contribution in [0.3, 0.4) is 0 Å². The molecule has 0 spiro atoms. The highest BCUT2D eigenvalue weighted by Crippen LogP contribution is 2.18. The van der Waals surface area contributed by atoms with Crippen LogP contribution in [-0.2, 0) is 0 Å². The average Bonchev–Trinajstić information content (AvgIpc) is 2.15. The molecule has 2 N–H and O–H groups in total. The summed E-state index contributed by atoms with van der Waals surface area (Å²) in [7, 11) is 0. The van der Waals surface area contributed by atoms with Crippen molar-refractivity contribution in [2.75, 3.05) is 13.3 Å². The predicted octanol–water partition coefficient (Wildman–Crippen LogP) is 1.81. The number of benzene rings is 1. The Morgan fingerprint density at radius 1 is 1.50 bits per heavy atom. The molecule has 0 aromatic heterocycles. The molecule has 0 aliphatic rings. The van der Waals surface area contributed by atoms with Gasteiger partial charge in [0.25, 0.3) is 0 Å². The molecule has 0 heterocycles. The maximum atomic E-state index is 13.2. The van der Waals surface area contributed by atoms with Gasteiger partial charge in [-0.25, -0.2) is 8.78 Å². The minimum Gasteiger partial charge on any atom is -0.488 e. The number of thiocarbonyl (C=S) groups is 1. The molecular formula is C9H9F2NOS. The lowest BCUT2D eigenvalue weighted by atomic mass is 10.2. The summed E-state index contributed by atoms with van der Waals surface area (Å²) in [5.41, 5.74) is 5.72. The van der Waals surface area contributed by atoms with E-state index in [-0.39, 0.29) is 17.3 Å². The smallest absolute Gasteiger partial charge is 0.165 e. The zero-order chi connectivity index (χ0) is 10.6. The second-order valence-electron chi connectivity index (χ2n) is 2.55. The molecule has 0 atom stereocenters. The van der Waals surface area contributed by atoms with Crippen LogP contribution in [0.2, 0.25) is 0 Å². The van der Waals surface area contributed by atoms with Crippen molar-refractivity contribution in [3.05, 3.63) is 29.6 Å². The maximum absolute atomic E-state index is 13.2. The van der Waals surface area contributed by atoms with Crippen molar-refractivity contribution in [2.45, 2.75) is 0 Å². The highest BCUT2D eigenvalue weighted by molar-refractivity contribution is 7.80. The van der Waals surface area contributed by atoms with Crippen molar-refractivity contribution in [2.24, 2.45) is 5.73 Å². The fourth-order valence-electron chi connectivity index (χ4n) is 0.920. The van der Waals surface area contributed by atoms with Crippen LogP contribution in [0.15, 0.2) is 18.2 Å². The van der Waals surface area contributed by atoms with Crippen molar-refractivity contribution in [1.82, 2.24) is 0 Å². The zero-order valence-corrected chi connectivity index (χ0v) is 8.11. The number of halogens is 2. The van der Waals surface area contributed by atoms with Gasteiger partial charge in [0.15, 0.2) is 11.6 Å². The lowest BCUT2D eigenvalue weighted by molar-refractivity contribution is 0.262. The van der Waals surface area contributed by atoms with Gasteiger partial charge < -0.3 is 10.5 Å². The molecule has 0 radical (unpaired) electrons. The van der Waals surface area contributed by atoms with Crippen molar-refractivity contribution in [3.63, 3.8) is 0 Å². The molecule has 0 saturated heterocycles. The topological polar surface area (TPSA) is 35.2 Å². The number of alkyl halides is 1. The molecule has 0 aliphatic carbocycles. The molecule has 0 saturated carbocycles. The second kappa shape index (κ2) is 4.85. The Morgan fingerprint density at radius 2 is 2.21 bits per heavy atom. The van der Waals surface area contributed by atoms with Crippen LogP contribution in [0.1, 0.15) is 5.56 Å². The molecule has 0 fully saturated rings. The Labute approximate surface area is 85.7 Å². The van der Waals surface area contributed by atoms with Gasteiger partial charge in [0.05, 0.1) is 0 Å². The Morgan fingerprint density at radius 3 is 2.71 bits per heavy atom. The van der Waals surface area contributed by atoms with Crippen LogP contribution in [0.5, 0.6) is 5.75 Å². The molecule has 1 rings (SSSR count). The van der Waals surface area contributed by atoms with Gasteiger partial charge in [0.2, 0.25) is 0 Å². The molecule has 1 aromatic rings. The Hall–Kier alpha value is -1.23. The van der Waals surface area contributed by atoms with Gasteiger partial charge in [-0.2, -0.15) is 0 Å². The van der Waals surface area contributed by atoms with E-state index in [4.69, 9.17) is 10.5 Å². The molecule has 0 bridgehead atoms. The highest BCUT2D eigenvalue weighted by Gasteiger charge is 2.05. The first-order valence-corrected chi connectivity index (χ1v) is 4.34. The third-order valence-corrected chi connectivity index (χ3v) is 1.79. The number of nitrogens with two attached hydrogens (primary N) is 1. The van der Waals surface area contributed by atoms with Gasteiger partial charge in [0, 0.05) is 5.56 Å². The zero-order valence-electron chi connectivity index (χ0n) is 7.30. The first-order chi connectivity index (χ1) is 6.65. The van der Waals surface area contributed by atoms with Gasteiger partial charge >= 0.3 is 0 Å². The molecule has 0 unspecified atom stereocenters. The second-order valence-corrected chi connectivity index (χ2v) is 2.99. The number of hydrogen-bond acceptors (Lipinski definition) is 2. The lowest BCUT2D eigenvalue weighted by Gasteiger charge is -2.06. The van der Waals surface area contributed by atoms with Crippen LogP contribution in [-0.4, -0.2) is 18.3 Å². The van der Waals surface area contributed by atoms with Crippen LogP contribution in [0.25, 0.3) is 0 Å². The fourth-order valence-corrected chi connectivity index (χ4v) is 1.05. The number of ether oxygens (including phenoxy) is 1. The van der Waals surface area contributed by atoms with Crippen LogP contribution >= 0.6 is 12.2 Å². The van der Waals surface area contributed by atoms with Gasteiger partial charge in [0.1, 0.15) is 18.3 Å². The third kappa shape index (κ3) is 2.63. The van der Waals surface area contributed by atoms with E-state index < -0.39 is 12.5 Å². The van der Waals surface area contributed by atoms with E-state index in [1.165, 1.54) is 12.1 Å². The molecule has 0 aliphatic heterocycles. The van der Waals surface area contributed by atoms with E-state index in [1.807, 2.05) is 0 Å². The fraction of sp³-hybridized carbons (Fsp3) is 0.222. The molecule has 0 amide bonds. The largest absolute Gasteiger partial charge is 0.488 e. The summed E-state index contributed by atoms with van der Waals surface area (Å²) in [6.45, 7) is -0.820. The summed E-state index contributed by atoms with van der Waals surface area (Å²) in [5.74, 6) is -0.591. The molecule has 14 heavy (non-hydrogen) atoms. The van der Waals surface area contributed by atoms with Gasteiger partial charge in [-0.3, -0.25) is 0 Å². The molecule has 5 heteroatoms. The Kier molecular flexibility index (Phi) is 3.76. The van der Waals surface area contributed by atoms with Crippen molar-refractivity contribution < 1.29 is 13.5 Å². The van der Waals surface area contributed by atoms with E-state index in [2.05, 4.69) is 12.2 Å². The van der Waals surface area contributed by atoms with Crippen molar-refractivity contribution in [3.8, 4) is 5.75 Å². The summed E-state index contributed by atoms with van der Waals surface area (Å²) < 4.78 is 29.7. The summed E-state index contributed by atoms with van der Waals surface area (Å²) >= 11 is 4.66. The summed E-state index contributed by atoms with van der Waals surface area (Å²) in [6, 6.07) is 4.06. The summed E-state index contributed by atoms with van der Waals surface area (Å²) in [4.78, 5) is 0.112. The average molecular weight is 217 g/mol. The van der Waals surface area contributed by atoms with E-state index in [0.29, 0.717) is 5.56 Å². The monoisotopic (exact) mass is 217 g/mol. The highest BCUT2D eigenvalue weighted by atomic mass is 32.1. The van der Waals surface area contributed by atoms with Crippen LogP contribution in [0.4, 0.5) is 8.78 Å². The minimum absolute atomic E-state index is 0.00245. The van der Waals surface area contributed by atoms with Gasteiger partial charge in [-0.1, -0.05) is 12.2 Å². The molecule has 76 valence electrons.